The van der Waals surface area contributed by atoms with Crippen molar-refractivity contribution in [1.29, 1.82) is 0 Å². The monoisotopic (exact) mass is 471 g/mol. The average molecular weight is 472 g/mol. The van der Waals surface area contributed by atoms with Gasteiger partial charge in [0, 0.05) is 33.3 Å². The second-order valence-corrected chi connectivity index (χ2v) is 8.44. The highest BCUT2D eigenvalue weighted by Gasteiger charge is 2.12. The lowest BCUT2D eigenvalue weighted by Crippen LogP contribution is -1.93. The third kappa shape index (κ3) is 4.64. The standard InChI is InChI=1S/C25H18ClN5OS/c26-19-12-10-17(11-13-19)24-18(15-31(30-24)20-6-2-1-3-7-20)14-27-29-25-28-22(16-33-25)21-8-4-5-9-23(21)32/h1-16,32H,(H,28,29)/b27-14+. The van der Waals surface area contributed by atoms with E-state index in [4.69, 9.17) is 16.7 Å². The zero-order chi connectivity index (χ0) is 22.6. The number of para-hydroxylation sites is 2. The van der Waals surface area contributed by atoms with Crippen LogP contribution in [-0.4, -0.2) is 26.1 Å². The lowest BCUT2D eigenvalue weighted by molar-refractivity contribution is 0.477. The Morgan fingerprint density at radius 2 is 1.73 bits per heavy atom. The van der Waals surface area contributed by atoms with Crippen molar-refractivity contribution in [2.45, 2.75) is 0 Å². The van der Waals surface area contributed by atoms with Crippen LogP contribution in [-0.2, 0) is 0 Å². The summed E-state index contributed by atoms with van der Waals surface area (Å²) in [7, 11) is 0. The molecule has 2 N–H and O–H groups in total. The number of aromatic hydroxyl groups is 1. The molecule has 3 aromatic carbocycles. The van der Waals surface area contributed by atoms with Gasteiger partial charge in [0.25, 0.3) is 0 Å². The van der Waals surface area contributed by atoms with Gasteiger partial charge in [-0.2, -0.15) is 10.2 Å². The van der Waals surface area contributed by atoms with E-state index in [1.165, 1.54) is 11.3 Å². The summed E-state index contributed by atoms with van der Waals surface area (Å²) >= 11 is 7.47. The first-order valence-corrected chi connectivity index (χ1v) is 11.4. The van der Waals surface area contributed by atoms with Gasteiger partial charge in [-0.15, -0.1) is 11.3 Å². The first-order chi connectivity index (χ1) is 16.2. The molecule has 0 atom stereocenters. The van der Waals surface area contributed by atoms with Crippen LogP contribution in [0.4, 0.5) is 5.13 Å². The van der Waals surface area contributed by atoms with Crippen LogP contribution in [0.2, 0.25) is 5.02 Å². The lowest BCUT2D eigenvalue weighted by atomic mass is 10.1. The zero-order valence-corrected chi connectivity index (χ0v) is 18.8. The first-order valence-electron chi connectivity index (χ1n) is 10.1. The molecule has 0 aliphatic rings. The Kier molecular flexibility index (Phi) is 5.89. The largest absolute Gasteiger partial charge is 0.507 e. The Balaban J connectivity index is 1.42. The first kappa shape index (κ1) is 20.9. The summed E-state index contributed by atoms with van der Waals surface area (Å²) in [6.07, 6.45) is 3.65. The lowest BCUT2D eigenvalue weighted by Gasteiger charge is -2.00. The summed E-state index contributed by atoms with van der Waals surface area (Å²) < 4.78 is 1.82. The Labute approximate surface area is 199 Å². The van der Waals surface area contributed by atoms with E-state index in [2.05, 4.69) is 15.5 Å². The fraction of sp³-hybridized carbons (Fsp3) is 0. The summed E-state index contributed by atoms with van der Waals surface area (Å²) in [5.41, 5.74) is 7.86. The van der Waals surface area contributed by atoms with E-state index in [1.807, 2.05) is 83.0 Å². The van der Waals surface area contributed by atoms with E-state index < -0.39 is 0 Å². The van der Waals surface area contributed by atoms with Crippen LogP contribution in [0.15, 0.2) is 95.5 Å². The highest BCUT2D eigenvalue weighted by molar-refractivity contribution is 7.14. The summed E-state index contributed by atoms with van der Waals surface area (Å²) in [4.78, 5) is 4.51. The molecular formula is C25H18ClN5OS. The topological polar surface area (TPSA) is 75.3 Å². The number of phenols is 1. The van der Waals surface area contributed by atoms with Crippen LogP contribution < -0.4 is 5.43 Å². The number of thiazole rings is 1. The minimum atomic E-state index is 0.193. The third-order valence-corrected chi connectivity index (χ3v) is 5.93. The molecule has 2 heterocycles. The van der Waals surface area contributed by atoms with Crippen LogP contribution in [0.5, 0.6) is 5.75 Å². The molecule has 2 aromatic heterocycles. The van der Waals surface area contributed by atoms with Crippen LogP contribution in [0.25, 0.3) is 28.2 Å². The smallest absolute Gasteiger partial charge is 0.203 e. The van der Waals surface area contributed by atoms with Crippen molar-refractivity contribution in [3.63, 3.8) is 0 Å². The number of hydrazone groups is 1. The number of benzene rings is 3. The molecule has 0 aliphatic heterocycles. The van der Waals surface area contributed by atoms with Crippen LogP contribution in [0.3, 0.4) is 0 Å². The summed E-state index contributed by atoms with van der Waals surface area (Å²) in [5.74, 6) is 0.193. The Bertz CT molecular complexity index is 1410. The second-order valence-electron chi connectivity index (χ2n) is 7.15. The van der Waals surface area contributed by atoms with Crippen LogP contribution in [0.1, 0.15) is 5.56 Å². The predicted octanol–water partition coefficient (Wildman–Crippen LogP) is 6.47. The molecule has 0 unspecified atom stereocenters. The average Bonchev–Trinajstić information content (AvgIpc) is 3.48. The SMILES string of the molecule is Oc1ccccc1-c1csc(N/N=C/c2cn(-c3ccccc3)nc2-c2ccc(Cl)cc2)n1. The van der Waals surface area contributed by atoms with Crippen LogP contribution in [0, 0.1) is 0 Å². The van der Waals surface area contributed by atoms with Gasteiger partial charge in [0.2, 0.25) is 5.13 Å². The fourth-order valence-corrected chi connectivity index (χ4v) is 4.11. The maximum atomic E-state index is 10.0. The number of phenolic OH excluding ortho intramolecular Hbond substituents is 1. The molecule has 0 bridgehead atoms. The van der Waals surface area contributed by atoms with Crippen molar-refractivity contribution in [2.75, 3.05) is 5.43 Å². The van der Waals surface area contributed by atoms with Gasteiger partial charge in [-0.3, -0.25) is 5.43 Å². The zero-order valence-electron chi connectivity index (χ0n) is 17.3. The molecule has 5 rings (SSSR count). The van der Waals surface area contributed by atoms with E-state index in [1.54, 1.807) is 18.3 Å². The summed E-state index contributed by atoms with van der Waals surface area (Å²) in [6, 6.07) is 24.6. The maximum Gasteiger partial charge on any atom is 0.203 e. The molecule has 0 radical (unpaired) electrons. The normalized spacial score (nSPS) is 11.2. The van der Waals surface area contributed by atoms with Crippen LogP contribution >= 0.6 is 22.9 Å². The van der Waals surface area contributed by atoms with E-state index in [0.717, 1.165) is 22.5 Å². The van der Waals surface area contributed by atoms with Gasteiger partial charge in [-0.25, -0.2) is 9.67 Å². The van der Waals surface area contributed by atoms with Crippen molar-refractivity contribution in [3.8, 4) is 34.0 Å². The van der Waals surface area contributed by atoms with Gasteiger partial charge in [0.15, 0.2) is 0 Å². The molecule has 0 aliphatic carbocycles. The maximum absolute atomic E-state index is 10.0. The Hall–Kier alpha value is -3.94. The molecule has 0 fully saturated rings. The Morgan fingerprint density at radius 1 is 0.970 bits per heavy atom. The summed E-state index contributed by atoms with van der Waals surface area (Å²) in [6.45, 7) is 0. The molecule has 0 saturated heterocycles. The molecule has 0 spiro atoms. The van der Waals surface area contributed by atoms with Crippen molar-refractivity contribution < 1.29 is 5.11 Å². The molecule has 162 valence electrons. The summed E-state index contributed by atoms with van der Waals surface area (Å²) in [5, 5.41) is 22.4. The van der Waals surface area contributed by atoms with Crippen molar-refractivity contribution in [3.05, 3.63) is 101 Å². The number of aromatic nitrogens is 3. The quantitative estimate of drug-likeness (QED) is 0.220. The highest BCUT2D eigenvalue weighted by atomic mass is 35.5. The minimum Gasteiger partial charge on any atom is -0.507 e. The number of nitrogens with zero attached hydrogens (tertiary/aromatic N) is 4. The third-order valence-electron chi connectivity index (χ3n) is 4.93. The van der Waals surface area contributed by atoms with E-state index >= 15 is 0 Å². The number of hydrogen-bond donors (Lipinski definition) is 2. The molecule has 5 aromatic rings. The van der Waals surface area contributed by atoms with Crippen molar-refractivity contribution in [2.24, 2.45) is 5.10 Å². The number of hydrogen-bond acceptors (Lipinski definition) is 6. The van der Waals surface area contributed by atoms with Gasteiger partial charge in [0.1, 0.15) is 11.4 Å². The molecule has 8 heteroatoms. The van der Waals surface area contributed by atoms with Crippen molar-refractivity contribution >= 4 is 34.3 Å². The Morgan fingerprint density at radius 3 is 2.52 bits per heavy atom. The minimum absolute atomic E-state index is 0.193. The number of anilines is 1. The predicted molar refractivity (Wildman–Crippen MR) is 134 cm³/mol. The number of rotatable bonds is 6. The van der Waals surface area contributed by atoms with Gasteiger partial charge < -0.3 is 5.11 Å². The van der Waals surface area contributed by atoms with Gasteiger partial charge >= 0.3 is 0 Å². The molecule has 33 heavy (non-hydrogen) atoms. The second kappa shape index (κ2) is 9.28. The van der Waals surface area contributed by atoms with Crippen molar-refractivity contribution in [1.82, 2.24) is 14.8 Å². The number of halogens is 1. The molecule has 0 saturated carbocycles. The van der Waals surface area contributed by atoms with E-state index in [0.29, 0.717) is 21.4 Å². The molecule has 6 nitrogen and oxygen atoms in total. The van der Waals surface area contributed by atoms with Gasteiger partial charge in [0.05, 0.1) is 17.6 Å². The highest BCUT2D eigenvalue weighted by Crippen LogP contribution is 2.31. The molecular weight excluding hydrogens is 454 g/mol. The van der Waals surface area contributed by atoms with Gasteiger partial charge in [-0.1, -0.05) is 54.1 Å². The molecule has 0 amide bonds. The van der Waals surface area contributed by atoms with E-state index in [-0.39, 0.29) is 5.75 Å². The van der Waals surface area contributed by atoms with E-state index in [9.17, 15) is 5.11 Å². The van der Waals surface area contributed by atoms with Gasteiger partial charge in [-0.05, 0) is 36.4 Å². The fourth-order valence-electron chi connectivity index (χ4n) is 3.32. The number of nitrogens with one attached hydrogen (secondary N) is 1.